The van der Waals surface area contributed by atoms with Crippen molar-refractivity contribution in [2.45, 2.75) is 326 Å². The van der Waals surface area contributed by atoms with Gasteiger partial charge in [-0.05, 0) is 38.5 Å². The predicted molar refractivity (Wildman–Crippen MR) is 281 cm³/mol. The van der Waals surface area contributed by atoms with Gasteiger partial charge in [-0.3, -0.25) is 4.79 Å². The molecule has 1 aliphatic rings. The Morgan fingerprint density at radius 2 is 0.866 bits per heavy atom. The van der Waals surface area contributed by atoms with Gasteiger partial charge in [-0.25, -0.2) is 0 Å². The molecule has 6 N–H and O–H groups in total. The maximum absolute atomic E-state index is 12.8. The van der Waals surface area contributed by atoms with Gasteiger partial charge < -0.3 is 40.3 Å². The average molecular weight is 951 g/mol. The fourth-order valence-corrected chi connectivity index (χ4v) is 9.40. The number of ether oxygens (including phenoxy) is 2. The highest BCUT2D eigenvalue weighted by molar-refractivity contribution is 5.76. The number of hydrogen-bond donors (Lipinski definition) is 6. The van der Waals surface area contributed by atoms with E-state index in [1.165, 1.54) is 231 Å². The molecular formula is C58H111NO8. The Labute approximate surface area is 413 Å². The van der Waals surface area contributed by atoms with E-state index in [1.807, 2.05) is 13.0 Å². The molecule has 0 bridgehead atoms. The Balaban J connectivity index is 1.85. The van der Waals surface area contributed by atoms with E-state index < -0.39 is 49.5 Å². The number of carbonyl (C=O) groups is 1. The number of rotatable bonds is 50. The fourth-order valence-electron chi connectivity index (χ4n) is 9.40. The minimum Gasteiger partial charge on any atom is -0.394 e. The highest BCUT2D eigenvalue weighted by atomic mass is 16.7. The van der Waals surface area contributed by atoms with Crippen molar-refractivity contribution in [3.05, 3.63) is 24.3 Å². The summed E-state index contributed by atoms with van der Waals surface area (Å²) in [5.41, 5.74) is 0. The molecular weight excluding hydrogens is 839 g/mol. The lowest BCUT2D eigenvalue weighted by Gasteiger charge is -2.40. The summed E-state index contributed by atoms with van der Waals surface area (Å²) in [5, 5.41) is 53.5. The molecule has 1 amide bonds. The van der Waals surface area contributed by atoms with Crippen LogP contribution in [0, 0.1) is 0 Å². The standard InChI is InChI=1S/C58H111NO8/c1-3-5-7-8-9-10-11-12-13-14-15-16-17-18-19-20-21-22-23-24-25-26-27-28-29-30-31-32-33-34-35-36-37-38-39-40-41-42-43-44-46-48-54(62)59-51(52(61)47-45-6-4-2)50-66-58-57(65)56(64)55(63)53(49-60)67-58/h14-15,45,47,51-53,55-58,60-61,63-65H,3-13,16-44,46,48-50H2,1-2H3,(H,59,62)/b15-14-,47-45+. The lowest BCUT2D eigenvalue weighted by molar-refractivity contribution is -0.302. The first-order chi connectivity index (χ1) is 32.8. The van der Waals surface area contributed by atoms with Crippen molar-refractivity contribution in [1.82, 2.24) is 5.32 Å². The molecule has 0 aliphatic carbocycles. The monoisotopic (exact) mass is 950 g/mol. The molecule has 7 atom stereocenters. The molecule has 1 aliphatic heterocycles. The minimum absolute atomic E-state index is 0.184. The molecule has 1 rings (SSSR count). The van der Waals surface area contributed by atoms with E-state index >= 15 is 0 Å². The fraction of sp³-hybridized carbons (Fsp3) is 0.914. The number of carbonyl (C=O) groups excluding carboxylic acids is 1. The number of amides is 1. The smallest absolute Gasteiger partial charge is 0.220 e. The zero-order chi connectivity index (χ0) is 48.7. The SMILES string of the molecule is CCC/C=C/C(O)C(COC1OC(CO)C(O)C(O)C1O)NC(=O)CCCCCCCCCCCCCCCCCCCCCCCCCCCCCCC/C=C\CCCCCCCCCC. The lowest BCUT2D eigenvalue weighted by Crippen LogP contribution is -2.60. The number of aliphatic hydroxyl groups excluding tert-OH is 5. The lowest BCUT2D eigenvalue weighted by atomic mass is 9.99. The van der Waals surface area contributed by atoms with Crippen LogP contribution < -0.4 is 5.32 Å². The first-order valence-corrected chi connectivity index (χ1v) is 29.1. The predicted octanol–water partition coefficient (Wildman–Crippen LogP) is 14.2. The van der Waals surface area contributed by atoms with E-state index in [-0.39, 0.29) is 12.5 Å². The largest absolute Gasteiger partial charge is 0.394 e. The van der Waals surface area contributed by atoms with E-state index in [4.69, 9.17) is 9.47 Å². The van der Waals surface area contributed by atoms with Crippen LogP contribution in [0.1, 0.15) is 284 Å². The first kappa shape index (κ1) is 63.7. The summed E-state index contributed by atoms with van der Waals surface area (Å²) in [6.45, 7) is 3.57. The van der Waals surface area contributed by atoms with Gasteiger partial charge >= 0.3 is 0 Å². The van der Waals surface area contributed by atoms with E-state index in [1.54, 1.807) is 6.08 Å². The second kappa shape index (κ2) is 48.3. The van der Waals surface area contributed by atoms with E-state index in [9.17, 15) is 30.3 Å². The van der Waals surface area contributed by atoms with Gasteiger partial charge in [0.25, 0.3) is 0 Å². The highest BCUT2D eigenvalue weighted by Crippen LogP contribution is 2.23. The normalized spacial score (nSPS) is 19.8. The molecule has 1 saturated heterocycles. The van der Waals surface area contributed by atoms with Crippen LogP contribution in [0.15, 0.2) is 24.3 Å². The third kappa shape index (κ3) is 38.1. The molecule has 0 aromatic carbocycles. The van der Waals surface area contributed by atoms with Crippen LogP contribution >= 0.6 is 0 Å². The molecule has 9 heteroatoms. The summed E-state index contributed by atoms with van der Waals surface area (Å²) in [6.07, 6.45) is 55.5. The van der Waals surface area contributed by atoms with E-state index in [0.717, 1.165) is 32.1 Å². The van der Waals surface area contributed by atoms with Gasteiger partial charge in [0.15, 0.2) is 6.29 Å². The van der Waals surface area contributed by atoms with Crippen molar-refractivity contribution in [3.63, 3.8) is 0 Å². The van der Waals surface area contributed by atoms with Gasteiger partial charge in [0.05, 0.1) is 25.4 Å². The van der Waals surface area contributed by atoms with Crippen LogP contribution in [0.3, 0.4) is 0 Å². The average Bonchev–Trinajstić information content (AvgIpc) is 3.33. The van der Waals surface area contributed by atoms with E-state index in [2.05, 4.69) is 24.4 Å². The highest BCUT2D eigenvalue weighted by Gasteiger charge is 2.44. The van der Waals surface area contributed by atoms with Crippen molar-refractivity contribution in [2.75, 3.05) is 13.2 Å². The van der Waals surface area contributed by atoms with Crippen molar-refractivity contribution in [1.29, 1.82) is 0 Å². The Morgan fingerprint density at radius 1 is 0.493 bits per heavy atom. The van der Waals surface area contributed by atoms with Crippen LogP contribution in [-0.4, -0.2) is 87.5 Å². The number of aliphatic hydroxyl groups is 5. The van der Waals surface area contributed by atoms with Crippen LogP contribution in [0.25, 0.3) is 0 Å². The Hall–Kier alpha value is -1.33. The summed E-state index contributed by atoms with van der Waals surface area (Å²) in [6, 6.07) is -0.797. The van der Waals surface area contributed by atoms with E-state index in [0.29, 0.717) is 6.42 Å². The summed E-state index contributed by atoms with van der Waals surface area (Å²) >= 11 is 0. The van der Waals surface area contributed by atoms with Crippen molar-refractivity contribution in [3.8, 4) is 0 Å². The Morgan fingerprint density at radius 3 is 1.24 bits per heavy atom. The van der Waals surface area contributed by atoms with Crippen LogP contribution in [0.5, 0.6) is 0 Å². The van der Waals surface area contributed by atoms with Gasteiger partial charge in [-0.1, -0.05) is 263 Å². The van der Waals surface area contributed by atoms with Crippen LogP contribution in [0.4, 0.5) is 0 Å². The Bertz CT molecular complexity index is 1100. The quantitative estimate of drug-likeness (QED) is 0.0261. The molecule has 0 aromatic heterocycles. The minimum atomic E-state index is -1.56. The molecule has 0 aromatic rings. The second-order valence-electron chi connectivity index (χ2n) is 20.4. The van der Waals surface area contributed by atoms with Crippen molar-refractivity contribution >= 4 is 5.91 Å². The molecule has 7 unspecified atom stereocenters. The Kier molecular flexibility index (Phi) is 45.9. The second-order valence-corrected chi connectivity index (χ2v) is 20.4. The van der Waals surface area contributed by atoms with Gasteiger partial charge in [0, 0.05) is 6.42 Å². The van der Waals surface area contributed by atoms with Gasteiger partial charge in [-0.15, -0.1) is 0 Å². The molecule has 0 spiro atoms. The first-order valence-electron chi connectivity index (χ1n) is 29.1. The third-order valence-electron chi connectivity index (χ3n) is 14.0. The van der Waals surface area contributed by atoms with Crippen LogP contribution in [-0.2, 0) is 14.3 Å². The zero-order valence-corrected chi connectivity index (χ0v) is 43.9. The zero-order valence-electron chi connectivity index (χ0n) is 43.9. The summed E-state index contributed by atoms with van der Waals surface area (Å²) < 4.78 is 11.1. The van der Waals surface area contributed by atoms with Crippen molar-refractivity contribution < 1.29 is 39.8 Å². The van der Waals surface area contributed by atoms with Crippen LogP contribution in [0.2, 0.25) is 0 Å². The molecule has 9 nitrogen and oxygen atoms in total. The number of allylic oxidation sites excluding steroid dienone is 3. The number of hydrogen-bond acceptors (Lipinski definition) is 8. The third-order valence-corrected chi connectivity index (χ3v) is 14.0. The van der Waals surface area contributed by atoms with Crippen molar-refractivity contribution in [2.24, 2.45) is 0 Å². The maximum atomic E-state index is 12.8. The van der Waals surface area contributed by atoms with Gasteiger partial charge in [-0.2, -0.15) is 0 Å². The summed E-state index contributed by atoms with van der Waals surface area (Å²) in [5.74, 6) is -0.184. The topological polar surface area (TPSA) is 149 Å². The molecule has 67 heavy (non-hydrogen) atoms. The molecule has 0 radical (unpaired) electrons. The molecule has 1 heterocycles. The molecule has 1 fully saturated rings. The summed E-state index contributed by atoms with van der Waals surface area (Å²) in [4.78, 5) is 12.8. The summed E-state index contributed by atoms with van der Waals surface area (Å²) in [7, 11) is 0. The maximum Gasteiger partial charge on any atom is 0.220 e. The molecule has 0 saturated carbocycles. The van der Waals surface area contributed by atoms with Gasteiger partial charge in [0.1, 0.15) is 24.4 Å². The number of unbranched alkanes of at least 4 members (excludes halogenated alkanes) is 38. The van der Waals surface area contributed by atoms with Gasteiger partial charge in [0.2, 0.25) is 5.91 Å². The number of nitrogens with one attached hydrogen (secondary N) is 1. The molecule has 396 valence electrons.